The zero-order valence-electron chi connectivity index (χ0n) is 6.45. The molecule has 0 amide bonds. The number of nitrogens with zero attached hydrogens (tertiary/aromatic N) is 3. The van der Waals surface area contributed by atoms with Crippen molar-refractivity contribution in [3.63, 3.8) is 0 Å². The summed E-state index contributed by atoms with van der Waals surface area (Å²) in [4.78, 5) is 4.08. The molecule has 0 atom stereocenters. The van der Waals surface area contributed by atoms with Gasteiger partial charge in [0, 0.05) is 18.9 Å². The third kappa shape index (κ3) is 0.896. The van der Waals surface area contributed by atoms with E-state index in [0.717, 1.165) is 9.99 Å². The molecule has 0 unspecified atom stereocenters. The molecule has 0 saturated heterocycles. The molecule has 0 radical (unpaired) electrons. The van der Waals surface area contributed by atoms with Crippen molar-refractivity contribution in [2.24, 2.45) is 7.05 Å². The van der Waals surface area contributed by atoms with Gasteiger partial charge in [0.25, 0.3) is 0 Å². The van der Waals surface area contributed by atoms with Crippen molar-refractivity contribution in [1.82, 2.24) is 14.8 Å². The smallest absolute Gasteiger partial charge is 0.184 e. The first-order valence-electron chi connectivity index (χ1n) is 3.43. The number of nitrogen functional groups attached to an aromatic ring is 1. The standard InChI is InChI=1S/C7H7BrN4/c1-12-6(8)5-4(9)2-3-10-7(5)11-12/h2-3H,9H2,1H3. The monoisotopic (exact) mass is 226 g/mol. The zero-order chi connectivity index (χ0) is 8.72. The largest absolute Gasteiger partial charge is 0.398 e. The number of halogens is 1. The lowest BCUT2D eigenvalue weighted by Gasteiger charge is -1.93. The third-order valence-corrected chi connectivity index (χ3v) is 2.61. The van der Waals surface area contributed by atoms with Crippen molar-refractivity contribution in [3.8, 4) is 0 Å². The van der Waals surface area contributed by atoms with Crippen LogP contribution >= 0.6 is 15.9 Å². The van der Waals surface area contributed by atoms with E-state index in [0.29, 0.717) is 11.3 Å². The van der Waals surface area contributed by atoms with Crippen molar-refractivity contribution in [2.45, 2.75) is 0 Å². The van der Waals surface area contributed by atoms with Gasteiger partial charge in [0.1, 0.15) is 4.60 Å². The summed E-state index contributed by atoms with van der Waals surface area (Å²) in [6.07, 6.45) is 1.65. The molecular weight excluding hydrogens is 220 g/mol. The fraction of sp³-hybridized carbons (Fsp3) is 0.143. The Morgan fingerprint density at radius 1 is 1.58 bits per heavy atom. The number of rotatable bonds is 0. The van der Waals surface area contributed by atoms with E-state index in [2.05, 4.69) is 26.0 Å². The molecule has 0 bridgehead atoms. The number of fused-ring (bicyclic) bond motifs is 1. The highest BCUT2D eigenvalue weighted by atomic mass is 79.9. The highest BCUT2D eigenvalue weighted by molar-refractivity contribution is 9.10. The van der Waals surface area contributed by atoms with Crippen LogP contribution in [-0.2, 0) is 7.05 Å². The normalized spacial score (nSPS) is 10.8. The highest BCUT2D eigenvalue weighted by Gasteiger charge is 2.08. The van der Waals surface area contributed by atoms with Gasteiger partial charge < -0.3 is 5.73 Å². The molecule has 62 valence electrons. The van der Waals surface area contributed by atoms with Crippen molar-refractivity contribution < 1.29 is 0 Å². The molecule has 12 heavy (non-hydrogen) atoms. The number of anilines is 1. The molecule has 0 saturated carbocycles. The molecule has 0 aliphatic carbocycles. The van der Waals surface area contributed by atoms with Crippen LogP contribution in [0.3, 0.4) is 0 Å². The predicted octanol–water partition coefficient (Wildman–Crippen LogP) is 1.31. The fourth-order valence-electron chi connectivity index (χ4n) is 1.10. The van der Waals surface area contributed by atoms with Crippen LogP contribution in [0.5, 0.6) is 0 Å². The minimum atomic E-state index is 0.671. The molecule has 4 nitrogen and oxygen atoms in total. The lowest BCUT2D eigenvalue weighted by atomic mass is 10.3. The van der Waals surface area contributed by atoms with Gasteiger partial charge in [-0.2, -0.15) is 5.10 Å². The summed E-state index contributed by atoms with van der Waals surface area (Å²) in [6.45, 7) is 0. The minimum Gasteiger partial charge on any atom is -0.398 e. The van der Waals surface area contributed by atoms with E-state index in [-0.39, 0.29) is 0 Å². The molecule has 5 heteroatoms. The average molecular weight is 227 g/mol. The van der Waals surface area contributed by atoms with Crippen LogP contribution in [0.15, 0.2) is 16.9 Å². The summed E-state index contributed by atoms with van der Waals surface area (Å²) >= 11 is 3.38. The lowest BCUT2D eigenvalue weighted by molar-refractivity contribution is 0.758. The van der Waals surface area contributed by atoms with Crippen LogP contribution in [0.25, 0.3) is 11.0 Å². The van der Waals surface area contributed by atoms with Gasteiger partial charge in [0.15, 0.2) is 5.65 Å². The Hall–Kier alpha value is -1.10. The number of nitrogens with two attached hydrogens (primary N) is 1. The molecule has 2 aromatic heterocycles. The molecule has 2 aromatic rings. The predicted molar refractivity (Wildman–Crippen MR) is 50.6 cm³/mol. The van der Waals surface area contributed by atoms with E-state index in [1.165, 1.54) is 0 Å². The van der Waals surface area contributed by atoms with Crippen molar-refractivity contribution in [3.05, 3.63) is 16.9 Å². The number of hydrogen-bond acceptors (Lipinski definition) is 3. The molecule has 0 aromatic carbocycles. The maximum absolute atomic E-state index is 5.75. The first-order valence-corrected chi connectivity index (χ1v) is 4.22. The lowest BCUT2D eigenvalue weighted by Crippen LogP contribution is -1.88. The van der Waals surface area contributed by atoms with Gasteiger partial charge in [0.05, 0.1) is 5.39 Å². The fourth-order valence-corrected chi connectivity index (χ4v) is 1.59. The number of aryl methyl sites for hydroxylation is 1. The van der Waals surface area contributed by atoms with E-state index in [9.17, 15) is 0 Å². The second-order valence-corrected chi connectivity index (χ2v) is 3.26. The van der Waals surface area contributed by atoms with Gasteiger partial charge in [0.2, 0.25) is 0 Å². The Kier molecular flexibility index (Phi) is 1.54. The molecule has 0 fully saturated rings. The molecule has 2 rings (SSSR count). The second kappa shape index (κ2) is 2.45. The van der Waals surface area contributed by atoms with Crippen molar-refractivity contribution >= 4 is 32.7 Å². The Bertz CT molecular complexity index is 434. The molecule has 0 aliphatic heterocycles. The molecular formula is C7H7BrN4. The van der Waals surface area contributed by atoms with Crippen LogP contribution in [0.4, 0.5) is 5.69 Å². The Balaban J connectivity index is 2.97. The minimum absolute atomic E-state index is 0.671. The van der Waals surface area contributed by atoms with Crippen molar-refractivity contribution in [1.29, 1.82) is 0 Å². The first kappa shape index (κ1) is 7.54. The Labute approximate surface area is 77.5 Å². The van der Waals surface area contributed by atoms with E-state index in [1.54, 1.807) is 16.9 Å². The molecule has 0 spiro atoms. The highest BCUT2D eigenvalue weighted by Crippen LogP contribution is 2.26. The first-order chi connectivity index (χ1) is 5.70. The summed E-state index contributed by atoms with van der Waals surface area (Å²) in [5, 5.41) is 5.03. The number of pyridine rings is 1. The number of aromatic nitrogens is 3. The van der Waals surface area contributed by atoms with Crippen LogP contribution in [0.2, 0.25) is 0 Å². The quantitative estimate of drug-likeness (QED) is 0.738. The topological polar surface area (TPSA) is 56.7 Å². The maximum Gasteiger partial charge on any atom is 0.184 e. The zero-order valence-corrected chi connectivity index (χ0v) is 8.04. The third-order valence-electron chi connectivity index (χ3n) is 1.70. The summed E-state index contributed by atoms with van der Waals surface area (Å²) in [6, 6.07) is 1.76. The molecule has 0 aliphatic rings. The van der Waals surface area contributed by atoms with E-state index >= 15 is 0 Å². The number of hydrogen-bond donors (Lipinski definition) is 1. The van der Waals surface area contributed by atoms with Gasteiger partial charge in [-0.25, -0.2) is 4.98 Å². The van der Waals surface area contributed by atoms with Crippen molar-refractivity contribution in [2.75, 3.05) is 5.73 Å². The average Bonchev–Trinajstić information content (AvgIpc) is 2.29. The van der Waals surface area contributed by atoms with Crippen LogP contribution in [-0.4, -0.2) is 14.8 Å². The van der Waals surface area contributed by atoms with Gasteiger partial charge in [-0.15, -0.1) is 0 Å². The van der Waals surface area contributed by atoms with E-state index in [1.807, 2.05) is 7.05 Å². The SMILES string of the molecule is Cn1nc2nccc(N)c2c1Br. The van der Waals surface area contributed by atoms with Crippen LogP contribution in [0, 0.1) is 0 Å². The van der Waals surface area contributed by atoms with Gasteiger partial charge in [-0.3, -0.25) is 4.68 Å². The van der Waals surface area contributed by atoms with Crippen LogP contribution in [0.1, 0.15) is 0 Å². The van der Waals surface area contributed by atoms with Crippen LogP contribution < -0.4 is 5.73 Å². The van der Waals surface area contributed by atoms with E-state index < -0.39 is 0 Å². The molecule has 2 heterocycles. The van der Waals surface area contributed by atoms with E-state index in [4.69, 9.17) is 5.73 Å². The van der Waals surface area contributed by atoms with Gasteiger partial charge >= 0.3 is 0 Å². The van der Waals surface area contributed by atoms with Gasteiger partial charge in [-0.05, 0) is 22.0 Å². The van der Waals surface area contributed by atoms with Gasteiger partial charge in [-0.1, -0.05) is 0 Å². The summed E-state index contributed by atoms with van der Waals surface area (Å²) in [5.41, 5.74) is 7.11. The summed E-state index contributed by atoms with van der Waals surface area (Å²) in [7, 11) is 1.84. The summed E-state index contributed by atoms with van der Waals surface area (Å²) < 4.78 is 2.57. The maximum atomic E-state index is 5.75. The Morgan fingerprint density at radius 2 is 2.33 bits per heavy atom. The second-order valence-electron chi connectivity index (χ2n) is 2.51. The molecule has 2 N–H and O–H groups in total. The Morgan fingerprint density at radius 3 is 3.00 bits per heavy atom. The summed E-state index contributed by atoms with van der Waals surface area (Å²) in [5.74, 6) is 0.